The van der Waals surface area contributed by atoms with Crippen molar-refractivity contribution >= 4 is 19.8 Å². The molecule has 11 heteroatoms. The Kier molecular flexibility index (Phi) is 33.5. The van der Waals surface area contributed by atoms with Gasteiger partial charge in [-0.1, -0.05) is 120 Å². The predicted octanol–water partition coefficient (Wildman–Crippen LogP) is 9.13. The largest absolute Gasteiger partial charge is 0.472 e. The van der Waals surface area contributed by atoms with Gasteiger partial charge in [-0.3, -0.25) is 18.6 Å². The van der Waals surface area contributed by atoms with Gasteiger partial charge in [0.05, 0.1) is 19.3 Å². The zero-order valence-electron chi connectivity index (χ0n) is 31.0. The second-order valence-corrected chi connectivity index (χ2v) is 13.7. The molecule has 0 amide bonds. The number of phosphoric ester groups is 1. The van der Waals surface area contributed by atoms with E-state index in [0.29, 0.717) is 19.3 Å². The van der Waals surface area contributed by atoms with Crippen LogP contribution in [0.15, 0.2) is 60.8 Å². The Morgan fingerprint density at radius 2 is 1.30 bits per heavy atom. The van der Waals surface area contributed by atoms with Gasteiger partial charge >= 0.3 is 19.8 Å². The van der Waals surface area contributed by atoms with Crippen molar-refractivity contribution in [2.45, 2.75) is 148 Å². The van der Waals surface area contributed by atoms with Crippen LogP contribution < -0.4 is 5.73 Å². The lowest BCUT2D eigenvalue weighted by molar-refractivity contribution is -0.161. The average Bonchev–Trinajstić information content (AvgIpc) is 3.09. The lowest BCUT2D eigenvalue weighted by Crippen LogP contribution is -2.29. The summed E-state index contributed by atoms with van der Waals surface area (Å²) in [5, 5.41) is 10.2. The van der Waals surface area contributed by atoms with Gasteiger partial charge < -0.3 is 25.2 Å². The minimum atomic E-state index is -4.43. The molecule has 0 rings (SSSR count). The fraction of sp³-hybridized carbons (Fsp3) is 0.692. The van der Waals surface area contributed by atoms with Crippen molar-refractivity contribution < 1.29 is 42.7 Å². The smallest absolute Gasteiger partial charge is 0.462 e. The van der Waals surface area contributed by atoms with Crippen LogP contribution in [0.3, 0.4) is 0 Å². The van der Waals surface area contributed by atoms with Crippen molar-refractivity contribution in [1.82, 2.24) is 0 Å². The number of nitrogens with two attached hydrogens (primary N) is 1. The number of hydrogen-bond acceptors (Lipinski definition) is 9. The second-order valence-electron chi connectivity index (χ2n) is 12.3. The van der Waals surface area contributed by atoms with E-state index in [1.807, 2.05) is 12.2 Å². The van der Waals surface area contributed by atoms with Crippen molar-refractivity contribution in [3.8, 4) is 0 Å². The van der Waals surface area contributed by atoms with Gasteiger partial charge in [0.1, 0.15) is 6.61 Å². The van der Waals surface area contributed by atoms with E-state index in [1.54, 1.807) is 12.2 Å². The van der Waals surface area contributed by atoms with Crippen molar-refractivity contribution in [3.05, 3.63) is 60.8 Å². The molecule has 0 aromatic carbocycles. The molecule has 0 saturated heterocycles. The van der Waals surface area contributed by atoms with Gasteiger partial charge in [0.15, 0.2) is 6.10 Å². The van der Waals surface area contributed by atoms with Crippen LogP contribution in [0.4, 0.5) is 0 Å². The predicted molar refractivity (Wildman–Crippen MR) is 202 cm³/mol. The summed E-state index contributed by atoms with van der Waals surface area (Å²) in [5.74, 6) is -1.05. The van der Waals surface area contributed by atoms with E-state index in [1.165, 1.54) is 32.1 Å². The first-order chi connectivity index (χ1) is 24.2. The van der Waals surface area contributed by atoms with E-state index in [9.17, 15) is 24.2 Å². The minimum Gasteiger partial charge on any atom is -0.462 e. The van der Waals surface area contributed by atoms with Gasteiger partial charge in [-0.05, 0) is 64.2 Å². The monoisotopic (exact) mass is 725 g/mol. The Morgan fingerprint density at radius 1 is 0.700 bits per heavy atom. The summed E-state index contributed by atoms with van der Waals surface area (Å²) in [5.41, 5.74) is 5.31. The zero-order chi connectivity index (χ0) is 37.0. The summed E-state index contributed by atoms with van der Waals surface area (Å²) >= 11 is 0. The van der Waals surface area contributed by atoms with Gasteiger partial charge in [-0.25, -0.2) is 4.57 Å². The van der Waals surface area contributed by atoms with E-state index in [4.69, 9.17) is 24.3 Å². The van der Waals surface area contributed by atoms with Crippen LogP contribution in [0.25, 0.3) is 0 Å². The summed E-state index contributed by atoms with van der Waals surface area (Å²) in [6.07, 6.45) is 35.7. The molecule has 3 atom stereocenters. The molecule has 0 fully saturated rings. The van der Waals surface area contributed by atoms with Crippen LogP contribution in [0.1, 0.15) is 136 Å². The number of esters is 2. The first kappa shape index (κ1) is 47.7. The molecule has 10 nitrogen and oxygen atoms in total. The van der Waals surface area contributed by atoms with Crippen LogP contribution in [0.5, 0.6) is 0 Å². The Bertz CT molecular complexity index is 1030. The minimum absolute atomic E-state index is 0.00196. The van der Waals surface area contributed by atoms with E-state index >= 15 is 0 Å². The number of carbonyl (C=O) groups is 2. The first-order valence-corrected chi connectivity index (χ1v) is 20.4. The molecular weight excluding hydrogens is 657 g/mol. The number of ether oxygens (including phenoxy) is 2. The molecular formula is C39H68NO9P. The topological polar surface area (TPSA) is 155 Å². The number of phosphoric acid groups is 1. The molecule has 4 N–H and O–H groups in total. The Labute approximate surface area is 302 Å². The maximum Gasteiger partial charge on any atom is 0.472 e. The first-order valence-electron chi connectivity index (χ1n) is 18.9. The molecule has 50 heavy (non-hydrogen) atoms. The van der Waals surface area contributed by atoms with Crippen LogP contribution in [-0.4, -0.2) is 60.5 Å². The third-order valence-electron chi connectivity index (χ3n) is 7.48. The molecule has 0 heterocycles. The van der Waals surface area contributed by atoms with Gasteiger partial charge in [-0.2, -0.15) is 0 Å². The number of rotatable bonds is 34. The summed E-state index contributed by atoms with van der Waals surface area (Å²) in [6, 6.07) is 0. The van der Waals surface area contributed by atoms with Crippen LogP contribution >= 0.6 is 7.82 Å². The summed E-state index contributed by atoms with van der Waals surface area (Å²) < 4.78 is 32.4. The maximum atomic E-state index is 12.5. The van der Waals surface area contributed by atoms with E-state index < -0.39 is 38.6 Å². The lowest BCUT2D eigenvalue weighted by Gasteiger charge is -2.20. The third kappa shape index (κ3) is 34.1. The molecule has 0 aromatic rings. The van der Waals surface area contributed by atoms with Crippen LogP contribution in [-0.2, 0) is 32.7 Å². The number of allylic oxidation sites excluding steroid dienone is 9. The van der Waals surface area contributed by atoms with Gasteiger partial charge in [0, 0.05) is 19.4 Å². The summed E-state index contributed by atoms with van der Waals surface area (Å²) in [6.45, 7) is 3.39. The number of unbranched alkanes of at least 4 members (excludes halogenated alkanes) is 10. The molecule has 0 bridgehead atoms. The Balaban J connectivity index is 4.48. The molecule has 1 unspecified atom stereocenters. The molecule has 0 spiro atoms. The number of aliphatic hydroxyl groups is 1. The number of hydrogen-bond donors (Lipinski definition) is 3. The molecule has 288 valence electrons. The van der Waals surface area contributed by atoms with Crippen LogP contribution in [0.2, 0.25) is 0 Å². The fourth-order valence-electron chi connectivity index (χ4n) is 4.60. The highest BCUT2D eigenvalue weighted by Gasteiger charge is 2.26. The van der Waals surface area contributed by atoms with Gasteiger partial charge in [-0.15, -0.1) is 0 Å². The lowest BCUT2D eigenvalue weighted by atomic mass is 10.1. The third-order valence-corrected chi connectivity index (χ3v) is 8.46. The van der Waals surface area contributed by atoms with Crippen molar-refractivity contribution in [1.29, 1.82) is 0 Å². The van der Waals surface area contributed by atoms with Crippen molar-refractivity contribution in [3.63, 3.8) is 0 Å². The van der Waals surface area contributed by atoms with Gasteiger partial charge in [0.25, 0.3) is 0 Å². The molecule has 0 aliphatic heterocycles. The standard InChI is InChI=1S/C39H68NO9P/c1-3-5-7-9-11-13-15-16-18-19-21-23-25-28-36(41)29-27-31-39(43)49-37(35-48-50(44,45)47-33-32-40)34-46-38(42)30-26-24-22-20-17-14-12-10-8-6-4-2/h10-13,16,18,21,23,25,28,36-37,41H,3-9,14-15,17,19-20,22,24,26-27,29-35,40H2,1-2H3,(H,44,45)/b12-10-,13-11-,18-16-,23-21-,28-25+/t36-,37+/m0/s1. The molecule has 0 aromatic heterocycles. The van der Waals surface area contributed by atoms with E-state index in [0.717, 1.165) is 57.8 Å². The average molecular weight is 726 g/mol. The highest BCUT2D eigenvalue weighted by atomic mass is 31.2. The van der Waals surface area contributed by atoms with Crippen molar-refractivity contribution in [2.24, 2.45) is 5.73 Å². The van der Waals surface area contributed by atoms with E-state index in [2.05, 4.69) is 50.3 Å². The van der Waals surface area contributed by atoms with Crippen LogP contribution in [0, 0.1) is 0 Å². The quantitative estimate of drug-likeness (QED) is 0.0192. The molecule has 0 aliphatic carbocycles. The number of carbonyl (C=O) groups excluding carboxylic acids is 2. The maximum absolute atomic E-state index is 12.5. The molecule has 0 radical (unpaired) electrons. The highest BCUT2D eigenvalue weighted by molar-refractivity contribution is 7.47. The Morgan fingerprint density at radius 3 is 2.02 bits per heavy atom. The van der Waals surface area contributed by atoms with Gasteiger partial charge in [0.2, 0.25) is 0 Å². The SMILES string of the molecule is CCCC/C=C\CCCCCCCC(=O)OC[C@H](COP(=O)(O)OCCN)OC(=O)CCC[C@@H](O)/C=C/C=C\C/C=C\C/C=C\CCCCC. The summed E-state index contributed by atoms with van der Waals surface area (Å²) in [7, 11) is -4.43. The normalized spacial score (nSPS) is 14.7. The van der Waals surface area contributed by atoms with Crippen molar-refractivity contribution in [2.75, 3.05) is 26.4 Å². The number of aliphatic hydroxyl groups excluding tert-OH is 1. The fourth-order valence-corrected chi connectivity index (χ4v) is 5.36. The molecule has 0 aliphatic rings. The second kappa shape index (κ2) is 35.1. The zero-order valence-corrected chi connectivity index (χ0v) is 31.9. The molecule has 0 saturated carbocycles. The Hall–Kier alpha value is -2.33. The highest BCUT2D eigenvalue weighted by Crippen LogP contribution is 2.43. The van der Waals surface area contributed by atoms with E-state index in [-0.39, 0.29) is 32.6 Å². The summed E-state index contributed by atoms with van der Waals surface area (Å²) in [4.78, 5) is 34.7.